The number of nitrogens with zero attached hydrogens (tertiary/aromatic N) is 3. The van der Waals surface area contributed by atoms with Gasteiger partial charge in [-0.2, -0.15) is 0 Å². The number of esters is 1. The number of hydrogen-bond acceptors (Lipinski definition) is 6. The molecule has 2 N–H and O–H groups in total. The van der Waals surface area contributed by atoms with Crippen LogP contribution in [0.25, 0.3) is 5.69 Å². The lowest BCUT2D eigenvalue weighted by Crippen LogP contribution is -2.49. The molecule has 152 valence electrons. The van der Waals surface area contributed by atoms with Crippen molar-refractivity contribution in [1.29, 1.82) is 0 Å². The van der Waals surface area contributed by atoms with Crippen LogP contribution in [0.15, 0.2) is 46.8 Å². The second-order valence-corrected chi connectivity index (χ2v) is 7.95. The number of urea groups is 1. The van der Waals surface area contributed by atoms with Gasteiger partial charge in [-0.3, -0.25) is 4.57 Å². The van der Waals surface area contributed by atoms with Crippen LogP contribution in [-0.2, 0) is 9.53 Å². The van der Waals surface area contributed by atoms with Gasteiger partial charge in [0.25, 0.3) is 0 Å². The maximum atomic E-state index is 12.4. The van der Waals surface area contributed by atoms with Crippen LogP contribution in [0.4, 0.5) is 4.79 Å². The Morgan fingerprint density at radius 3 is 2.72 bits per heavy atom. The average molecular weight is 414 g/mol. The molecule has 2 heterocycles. The fraction of sp³-hybridized carbons (Fsp3) is 0.400. The lowest BCUT2D eigenvalue weighted by Gasteiger charge is -2.26. The van der Waals surface area contributed by atoms with Gasteiger partial charge in [0.05, 0.1) is 18.2 Å². The zero-order valence-electron chi connectivity index (χ0n) is 16.3. The summed E-state index contributed by atoms with van der Waals surface area (Å²) in [6.45, 7) is 3.80. The van der Waals surface area contributed by atoms with Crippen LogP contribution in [0.5, 0.6) is 0 Å². The molecule has 0 radical (unpaired) electrons. The van der Waals surface area contributed by atoms with E-state index in [1.807, 2.05) is 30.3 Å². The van der Waals surface area contributed by atoms with Crippen molar-refractivity contribution >= 4 is 23.8 Å². The molecule has 2 aromatic rings. The van der Waals surface area contributed by atoms with Gasteiger partial charge in [0.1, 0.15) is 5.82 Å². The zero-order chi connectivity index (χ0) is 20.4. The van der Waals surface area contributed by atoms with Crippen molar-refractivity contribution in [1.82, 2.24) is 25.4 Å². The normalized spacial score (nSPS) is 19.0. The largest absolute Gasteiger partial charge is 0.463 e. The number of para-hydroxylation sites is 1. The molecule has 1 fully saturated rings. The quantitative estimate of drug-likeness (QED) is 0.535. The van der Waals surface area contributed by atoms with Gasteiger partial charge in [0, 0.05) is 23.1 Å². The van der Waals surface area contributed by atoms with Gasteiger partial charge < -0.3 is 15.4 Å². The molecule has 0 spiro atoms. The first-order chi connectivity index (χ1) is 14.1. The Balaban J connectivity index is 1.63. The van der Waals surface area contributed by atoms with Gasteiger partial charge in [-0.25, -0.2) is 9.59 Å². The third-order valence-electron chi connectivity index (χ3n) is 4.83. The fourth-order valence-corrected chi connectivity index (χ4v) is 4.26. The molecule has 1 saturated carbocycles. The first kappa shape index (κ1) is 19.5. The molecule has 9 heteroatoms. The summed E-state index contributed by atoms with van der Waals surface area (Å²) in [4.78, 5) is 24.4. The predicted octanol–water partition coefficient (Wildman–Crippen LogP) is 2.76. The first-order valence-electron chi connectivity index (χ1n) is 9.69. The lowest BCUT2D eigenvalue weighted by molar-refractivity contribution is -0.138. The highest BCUT2D eigenvalue weighted by Gasteiger charge is 2.32. The van der Waals surface area contributed by atoms with Crippen molar-refractivity contribution in [2.24, 2.45) is 0 Å². The third-order valence-corrected chi connectivity index (χ3v) is 5.78. The Kier molecular flexibility index (Phi) is 5.57. The number of benzene rings is 1. The molecule has 1 atom stereocenters. The Hall–Kier alpha value is -2.81. The topological polar surface area (TPSA) is 98.1 Å². The van der Waals surface area contributed by atoms with E-state index in [0.717, 1.165) is 29.5 Å². The van der Waals surface area contributed by atoms with Crippen LogP contribution in [0.2, 0.25) is 0 Å². The minimum absolute atomic E-state index is 0.274. The molecule has 1 aromatic carbocycles. The summed E-state index contributed by atoms with van der Waals surface area (Å²) in [7, 11) is 0. The minimum atomic E-state index is -0.425. The summed E-state index contributed by atoms with van der Waals surface area (Å²) in [6.07, 6.45) is 2.24. The maximum absolute atomic E-state index is 12.4. The fourth-order valence-electron chi connectivity index (χ4n) is 3.33. The molecule has 8 nitrogen and oxygen atoms in total. The van der Waals surface area contributed by atoms with E-state index in [0.29, 0.717) is 22.9 Å². The van der Waals surface area contributed by atoms with Crippen molar-refractivity contribution in [2.75, 3.05) is 12.4 Å². The lowest BCUT2D eigenvalue weighted by atomic mass is 10.1. The Labute approximate surface area is 173 Å². The van der Waals surface area contributed by atoms with Crippen molar-refractivity contribution in [2.45, 2.75) is 43.8 Å². The molecule has 0 bridgehead atoms. The van der Waals surface area contributed by atoms with Gasteiger partial charge in [0.2, 0.25) is 0 Å². The van der Waals surface area contributed by atoms with Crippen LogP contribution in [0.3, 0.4) is 0 Å². The number of rotatable bonds is 7. The van der Waals surface area contributed by atoms with E-state index in [4.69, 9.17) is 4.74 Å². The highest BCUT2D eigenvalue weighted by molar-refractivity contribution is 7.99. The Morgan fingerprint density at radius 1 is 1.28 bits per heavy atom. The molecule has 4 rings (SSSR count). The van der Waals surface area contributed by atoms with E-state index in [1.54, 1.807) is 13.8 Å². The summed E-state index contributed by atoms with van der Waals surface area (Å²) in [6, 6.07) is 9.23. The standard InChI is InChI=1S/C20H23N5O3S/c1-3-28-18(26)16-12(2)21-19(27)22-15(16)11-29-20-24-23-17(13-9-10-13)25(20)14-7-5-4-6-8-14/h4-8,12-13H,3,9-11H2,1-2H3,(H2,21,22,27). The number of amides is 2. The number of carbonyl (C=O) groups excluding carboxylic acids is 2. The smallest absolute Gasteiger partial charge is 0.337 e. The van der Waals surface area contributed by atoms with Crippen LogP contribution in [-0.4, -0.2) is 45.2 Å². The number of ether oxygens (including phenoxy) is 1. The SMILES string of the molecule is CCOC(=O)C1=C(CSc2nnc(C3CC3)n2-c2ccccc2)NC(=O)NC1C. The minimum Gasteiger partial charge on any atom is -0.463 e. The number of hydrogen-bond donors (Lipinski definition) is 2. The number of nitrogens with one attached hydrogen (secondary N) is 2. The predicted molar refractivity (Wildman–Crippen MR) is 109 cm³/mol. The van der Waals surface area contributed by atoms with Crippen LogP contribution in [0, 0.1) is 0 Å². The molecule has 1 aliphatic heterocycles. The van der Waals surface area contributed by atoms with E-state index in [-0.39, 0.29) is 12.6 Å². The highest BCUT2D eigenvalue weighted by Crippen LogP contribution is 2.41. The zero-order valence-corrected chi connectivity index (χ0v) is 17.2. The van der Waals surface area contributed by atoms with E-state index < -0.39 is 12.0 Å². The highest BCUT2D eigenvalue weighted by atomic mass is 32.2. The third kappa shape index (κ3) is 4.14. The van der Waals surface area contributed by atoms with Crippen LogP contribution in [0.1, 0.15) is 38.4 Å². The summed E-state index contributed by atoms with van der Waals surface area (Å²) >= 11 is 1.44. The summed E-state index contributed by atoms with van der Waals surface area (Å²) in [5.74, 6) is 1.35. The summed E-state index contributed by atoms with van der Waals surface area (Å²) in [5, 5.41) is 15.0. The van der Waals surface area contributed by atoms with Crippen molar-refractivity contribution in [3.8, 4) is 5.69 Å². The van der Waals surface area contributed by atoms with E-state index in [9.17, 15) is 9.59 Å². The van der Waals surface area contributed by atoms with Crippen molar-refractivity contribution < 1.29 is 14.3 Å². The van der Waals surface area contributed by atoms with Gasteiger partial charge >= 0.3 is 12.0 Å². The van der Waals surface area contributed by atoms with Gasteiger partial charge in [-0.15, -0.1) is 10.2 Å². The van der Waals surface area contributed by atoms with E-state index in [1.165, 1.54) is 11.8 Å². The second-order valence-electron chi connectivity index (χ2n) is 7.01. The molecule has 0 saturated heterocycles. The summed E-state index contributed by atoms with van der Waals surface area (Å²) in [5.41, 5.74) is 1.98. The van der Waals surface area contributed by atoms with E-state index in [2.05, 4.69) is 25.4 Å². The number of carbonyl (C=O) groups is 2. The van der Waals surface area contributed by atoms with E-state index >= 15 is 0 Å². The molecule has 1 unspecified atom stereocenters. The molecule has 1 aromatic heterocycles. The van der Waals surface area contributed by atoms with Crippen LogP contribution >= 0.6 is 11.8 Å². The van der Waals surface area contributed by atoms with Crippen LogP contribution < -0.4 is 10.6 Å². The van der Waals surface area contributed by atoms with Gasteiger partial charge in [-0.05, 0) is 38.8 Å². The second kappa shape index (κ2) is 8.28. The first-order valence-corrected chi connectivity index (χ1v) is 10.7. The molecule has 2 aliphatic rings. The molecule has 1 aliphatic carbocycles. The molecular formula is C20H23N5O3S. The maximum Gasteiger partial charge on any atom is 0.337 e. The Morgan fingerprint density at radius 2 is 2.03 bits per heavy atom. The molecule has 29 heavy (non-hydrogen) atoms. The summed E-state index contributed by atoms with van der Waals surface area (Å²) < 4.78 is 7.24. The van der Waals surface area contributed by atoms with Crippen molar-refractivity contribution in [3.05, 3.63) is 47.4 Å². The van der Waals surface area contributed by atoms with Gasteiger partial charge in [0.15, 0.2) is 5.16 Å². The monoisotopic (exact) mass is 413 g/mol. The molecular weight excluding hydrogens is 390 g/mol. The Bertz CT molecular complexity index is 952. The number of thioether (sulfide) groups is 1. The van der Waals surface area contributed by atoms with Gasteiger partial charge in [-0.1, -0.05) is 30.0 Å². The number of aromatic nitrogens is 3. The average Bonchev–Trinajstić information content (AvgIpc) is 3.46. The van der Waals surface area contributed by atoms with Crippen molar-refractivity contribution in [3.63, 3.8) is 0 Å². The molecule has 2 amide bonds.